The molecule has 0 aliphatic rings. The van der Waals surface area contributed by atoms with Crippen LogP contribution in [0.15, 0.2) is 72.8 Å². The zero-order valence-electron chi connectivity index (χ0n) is 18.2. The van der Waals surface area contributed by atoms with Gasteiger partial charge >= 0.3 is 5.97 Å². The Kier molecular flexibility index (Phi) is 6.42. The first kappa shape index (κ1) is 21.5. The average molecular weight is 429 g/mol. The Morgan fingerprint density at radius 3 is 2.06 bits per heavy atom. The molecule has 0 unspecified atom stereocenters. The highest BCUT2D eigenvalue weighted by atomic mass is 16.5. The molecule has 32 heavy (non-hydrogen) atoms. The summed E-state index contributed by atoms with van der Waals surface area (Å²) in [6.45, 7) is 0.453. The van der Waals surface area contributed by atoms with Crippen LogP contribution in [-0.4, -0.2) is 25.6 Å². The van der Waals surface area contributed by atoms with Crippen molar-refractivity contribution in [3.63, 3.8) is 0 Å². The van der Waals surface area contributed by atoms with Gasteiger partial charge in [-0.2, -0.15) is 4.57 Å². The number of nitrogens with one attached hydrogen (secondary N) is 2. The molecule has 0 bridgehead atoms. The van der Waals surface area contributed by atoms with Crippen molar-refractivity contribution in [1.82, 2.24) is 10.6 Å². The highest BCUT2D eigenvalue weighted by Gasteiger charge is 2.23. The van der Waals surface area contributed by atoms with Gasteiger partial charge in [0.25, 0.3) is 0 Å². The van der Waals surface area contributed by atoms with Gasteiger partial charge in [0.05, 0.1) is 23.0 Å². The van der Waals surface area contributed by atoms with E-state index in [1.165, 1.54) is 0 Å². The third-order valence-corrected chi connectivity index (χ3v) is 5.51. The van der Waals surface area contributed by atoms with E-state index in [1.807, 2.05) is 67.7 Å². The van der Waals surface area contributed by atoms with Crippen molar-refractivity contribution in [3.8, 4) is 5.75 Å². The quantitative estimate of drug-likeness (QED) is 0.156. The molecule has 0 saturated heterocycles. The normalized spacial score (nSPS) is 10.9. The van der Waals surface area contributed by atoms with Gasteiger partial charge in [-0.15, -0.1) is 0 Å². The minimum atomic E-state index is -0.391. The van der Waals surface area contributed by atoms with Crippen LogP contribution in [0.1, 0.15) is 22.3 Å². The smallest absolute Gasteiger partial charge is 0.345 e. The molecule has 6 nitrogen and oxygen atoms in total. The lowest BCUT2D eigenvalue weighted by molar-refractivity contribution is -0.617. The molecular weight excluding hydrogens is 402 g/mol. The fourth-order valence-electron chi connectivity index (χ4n) is 3.87. The number of nitrogens with zero attached hydrogens (tertiary/aromatic N) is 1. The molecule has 0 spiro atoms. The predicted octanol–water partition coefficient (Wildman–Crippen LogP) is 3.26. The van der Waals surface area contributed by atoms with Gasteiger partial charge in [-0.05, 0) is 43.3 Å². The number of rotatable bonds is 7. The van der Waals surface area contributed by atoms with Crippen LogP contribution >= 0.6 is 0 Å². The van der Waals surface area contributed by atoms with Crippen molar-refractivity contribution < 1.29 is 18.9 Å². The van der Waals surface area contributed by atoms with E-state index in [1.54, 1.807) is 19.2 Å². The molecule has 0 aliphatic carbocycles. The molecule has 1 aromatic heterocycles. The predicted molar refractivity (Wildman–Crippen MR) is 124 cm³/mol. The Hall–Kier alpha value is -3.77. The van der Waals surface area contributed by atoms with Crippen molar-refractivity contribution in [2.75, 3.05) is 13.7 Å². The second kappa shape index (κ2) is 9.58. The number of ether oxygens (including phenoxy) is 1. The summed E-state index contributed by atoms with van der Waals surface area (Å²) < 4.78 is 7.84. The van der Waals surface area contributed by atoms with Crippen LogP contribution in [0.5, 0.6) is 5.75 Å². The Morgan fingerprint density at radius 2 is 1.47 bits per heavy atom. The van der Waals surface area contributed by atoms with Gasteiger partial charge in [-0.3, -0.25) is 4.79 Å². The van der Waals surface area contributed by atoms with Gasteiger partial charge in [-0.1, -0.05) is 36.4 Å². The molecule has 3 aromatic carbocycles. The number of carbonyl (C=O) groups excluding carboxylic acids is 2. The molecule has 2 N–H and O–H groups in total. The number of hydrogen-bond donors (Lipinski definition) is 2. The van der Waals surface area contributed by atoms with Gasteiger partial charge < -0.3 is 15.4 Å². The van der Waals surface area contributed by atoms with E-state index >= 15 is 0 Å². The third kappa shape index (κ3) is 4.45. The fourth-order valence-corrected chi connectivity index (χ4v) is 3.87. The summed E-state index contributed by atoms with van der Waals surface area (Å²) in [5.74, 6) is 0.0721. The zero-order chi connectivity index (χ0) is 22.5. The molecule has 0 fully saturated rings. The number of aryl methyl sites for hydroxylation is 2. The number of benzene rings is 3. The molecule has 1 amide bonds. The van der Waals surface area contributed by atoms with Crippen molar-refractivity contribution in [2.45, 2.75) is 12.8 Å². The van der Waals surface area contributed by atoms with E-state index in [9.17, 15) is 9.59 Å². The van der Waals surface area contributed by atoms with Crippen LogP contribution < -0.4 is 19.9 Å². The molecule has 4 rings (SSSR count). The first-order valence-corrected chi connectivity index (χ1v) is 10.6. The zero-order valence-corrected chi connectivity index (χ0v) is 18.2. The molecule has 1 heterocycles. The number of pyridine rings is 1. The molecule has 4 aromatic rings. The number of amides is 1. The van der Waals surface area contributed by atoms with Crippen molar-refractivity contribution >= 4 is 33.7 Å². The third-order valence-electron chi connectivity index (χ3n) is 5.51. The number of esters is 1. The van der Waals surface area contributed by atoms with Gasteiger partial charge in [0.15, 0.2) is 0 Å². The van der Waals surface area contributed by atoms with Gasteiger partial charge in [0, 0.05) is 18.6 Å². The minimum Gasteiger partial charge on any atom is -0.423 e. The van der Waals surface area contributed by atoms with E-state index in [2.05, 4.69) is 15.2 Å². The largest absolute Gasteiger partial charge is 0.423 e. The average Bonchev–Trinajstić information content (AvgIpc) is 2.82. The summed E-state index contributed by atoms with van der Waals surface area (Å²) >= 11 is 0. The van der Waals surface area contributed by atoms with Crippen molar-refractivity contribution in [1.29, 1.82) is 0 Å². The lowest BCUT2D eigenvalue weighted by Crippen LogP contribution is -2.31. The molecule has 6 heteroatoms. The molecular formula is C26H26N3O3+. The maximum Gasteiger partial charge on any atom is 0.345 e. The Labute approximate surface area is 186 Å². The summed E-state index contributed by atoms with van der Waals surface area (Å²) in [6, 6.07) is 23.0. The highest BCUT2D eigenvalue weighted by molar-refractivity contribution is 6.13. The standard InChI is InChI=1S/C26H25N3O3/c1-27-17-28-24(30)16-13-18-11-14-19(15-12-18)32-26(31)25-20-7-3-5-9-22(20)29(2)23-10-6-4-8-21(23)25/h3-12,14-15,27H,13,16-17H2,1-2H3/p+1. The summed E-state index contributed by atoms with van der Waals surface area (Å²) in [7, 11) is 3.78. The van der Waals surface area contributed by atoms with Crippen LogP contribution in [0.3, 0.4) is 0 Å². The lowest BCUT2D eigenvalue weighted by atomic mass is 10.0. The second-order valence-electron chi connectivity index (χ2n) is 7.63. The SMILES string of the molecule is CNCNC(=O)CCc1ccc(OC(=O)c2c3ccccc3[n+](C)c3ccccc23)cc1. The van der Waals surface area contributed by atoms with E-state index in [-0.39, 0.29) is 5.91 Å². The van der Waals surface area contributed by atoms with Crippen LogP contribution in [0.4, 0.5) is 0 Å². The fraction of sp³-hybridized carbons (Fsp3) is 0.192. The number of aromatic nitrogens is 1. The topological polar surface area (TPSA) is 71.3 Å². The van der Waals surface area contributed by atoms with Gasteiger partial charge in [-0.25, -0.2) is 4.79 Å². The van der Waals surface area contributed by atoms with Gasteiger partial charge in [0.1, 0.15) is 12.8 Å². The lowest BCUT2D eigenvalue weighted by Gasteiger charge is -2.10. The number of fused-ring (bicyclic) bond motifs is 2. The van der Waals surface area contributed by atoms with Crippen LogP contribution in [0.25, 0.3) is 21.8 Å². The van der Waals surface area contributed by atoms with Crippen molar-refractivity contribution in [3.05, 3.63) is 83.9 Å². The monoisotopic (exact) mass is 428 g/mol. The Morgan fingerprint density at radius 1 is 0.875 bits per heavy atom. The number of hydrogen-bond acceptors (Lipinski definition) is 4. The molecule has 0 saturated carbocycles. The van der Waals surface area contributed by atoms with E-state index in [4.69, 9.17) is 4.74 Å². The van der Waals surface area contributed by atoms with E-state index in [0.717, 1.165) is 27.4 Å². The summed E-state index contributed by atoms with van der Waals surface area (Å²) in [5.41, 5.74) is 3.49. The van der Waals surface area contributed by atoms with Crippen LogP contribution in [0, 0.1) is 0 Å². The van der Waals surface area contributed by atoms with Crippen LogP contribution in [0.2, 0.25) is 0 Å². The maximum atomic E-state index is 13.3. The maximum absolute atomic E-state index is 13.3. The highest BCUT2D eigenvalue weighted by Crippen LogP contribution is 2.26. The molecule has 0 aliphatic heterocycles. The summed E-state index contributed by atoms with van der Waals surface area (Å²) in [4.78, 5) is 25.0. The molecule has 162 valence electrons. The van der Waals surface area contributed by atoms with Gasteiger partial charge in [0.2, 0.25) is 16.9 Å². The van der Waals surface area contributed by atoms with Crippen molar-refractivity contribution in [2.24, 2.45) is 7.05 Å². The number of carbonyl (C=O) groups is 2. The minimum absolute atomic E-state index is 0.00847. The first-order chi connectivity index (χ1) is 15.6. The van der Waals surface area contributed by atoms with E-state index < -0.39 is 5.97 Å². The Balaban J connectivity index is 1.57. The molecule has 0 atom stereocenters. The summed E-state index contributed by atoms with van der Waals surface area (Å²) in [6.07, 6.45) is 1.02. The molecule has 0 radical (unpaired) electrons. The van der Waals surface area contributed by atoms with E-state index in [0.29, 0.717) is 30.8 Å². The first-order valence-electron chi connectivity index (χ1n) is 10.6. The number of para-hydroxylation sites is 2. The summed E-state index contributed by atoms with van der Waals surface area (Å²) in [5, 5.41) is 7.35. The Bertz CT molecular complexity index is 1230. The van der Waals surface area contributed by atoms with Crippen LogP contribution in [-0.2, 0) is 18.3 Å². The second-order valence-corrected chi connectivity index (χ2v) is 7.63.